The maximum Gasteiger partial charge on any atom is 0.416 e. The highest BCUT2D eigenvalue weighted by atomic mass is 32.1. The molecule has 0 atom stereocenters. The van der Waals surface area contributed by atoms with Crippen molar-refractivity contribution in [3.05, 3.63) is 59.2 Å². The second kappa shape index (κ2) is 5.81. The SMILES string of the molecule is Cc1ccc(NC(=O)c2ccc(S)cc2)cc1C(F)(F)F. The van der Waals surface area contributed by atoms with Crippen LogP contribution in [0.4, 0.5) is 18.9 Å². The van der Waals surface area contributed by atoms with Crippen LogP contribution < -0.4 is 5.32 Å². The minimum Gasteiger partial charge on any atom is -0.322 e. The predicted octanol–water partition coefficient (Wildman–Crippen LogP) is 4.55. The number of thiol groups is 1. The molecule has 0 aromatic heterocycles. The van der Waals surface area contributed by atoms with E-state index in [1.807, 2.05) is 0 Å². The lowest BCUT2D eigenvalue weighted by atomic mass is 10.1. The van der Waals surface area contributed by atoms with Crippen molar-refractivity contribution in [2.75, 3.05) is 5.32 Å². The van der Waals surface area contributed by atoms with Crippen LogP contribution in [0.2, 0.25) is 0 Å². The first-order valence-electron chi connectivity index (χ1n) is 6.05. The van der Waals surface area contributed by atoms with Crippen LogP contribution in [0.1, 0.15) is 21.5 Å². The van der Waals surface area contributed by atoms with Gasteiger partial charge in [0.05, 0.1) is 5.56 Å². The van der Waals surface area contributed by atoms with Gasteiger partial charge in [0.25, 0.3) is 5.91 Å². The third kappa shape index (κ3) is 3.78. The number of rotatable bonds is 2. The van der Waals surface area contributed by atoms with Crippen molar-refractivity contribution >= 4 is 24.2 Å². The molecule has 6 heteroatoms. The van der Waals surface area contributed by atoms with Gasteiger partial charge < -0.3 is 5.32 Å². The quantitative estimate of drug-likeness (QED) is 0.783. The monoisotopic (exact) mass is 311 g/mol. The van der Waals surface area contributed by atoms with Gasteiger partial charge in [0.1, 0.15) is 0 Å². The fourth-order valence-corrected chi connectivity index (χ4v) is 1.97. The van der Waals surface area contributed by atoms with Crippen molar-refractivity contribution in [3.8, 4) is 0 Å². The predicted molar refractivity (Wildman–Crippen MR) is 77.8 cm³/mol. The smallest absolute Gasteiger partial charge is 0.322 e. The maximum absolute atomic E-state index is 12.8. The Kier molecular flexibility index (Phi) is 4.27. The fourth-order valence-electron chi connectivity index (χ4n) is 1.82. The highest BCUT2D eigenvalue weighted by Gasteiger charge is 2.32. The molecule has 1 N–H and O–H groups in total. The van der Waals surface area contributed by atoms with Gasteiger partial charge in [-0.15, -0.1) is 12.6 Å². The number of nitrogens with one attached hydrogen (secondary N) is 1. The van der Waals surface area contributed by atoms with E-state index in [4.69, 9.17) is 0 Å². The van der Waals surface area contributed by atoms with E-state index < -0.39 is 17.6 Å². The molecule has 2 aromatic rings. The van der Waals surface area contributed by atoms with Crippen molar-refractivity contribution in [2.45, 2.75) is 18.0 Å². The lowest BCUT2D eigenvalue weighted by Crippen LogP contribution is -2.13. The van der Waals surface area contributed by atoms with Gasteiger partial charge in [-0.1, -0.05) is 6.07 Å². The molecule has 2 nitrogen and oxygen atoms in total. The van der Waals surface area contributed by atoms with Gasteiger partial charge in [0.15, 0.2) is 0 Å². The van der Waals surface area contributed by atoms with E-state index in [2.05, 4.69) is 17.9 Å². The second-order valence-corrected chi connectivity index (χ2v) is 5.04. The lowest BCUT2D eigenvalue weighted by molar-refractivity contribution is -0.138. The first-order valence-corrected chi connectivity index (χ1v) is 6.50. The Bertz CT molecular complexity index is 666. The Balaban J connectivity index is 2.24. The molecule has 0 saturated heterocycles. The van der Waals surface area contributed by atoms with Crippen LogP contribution in [0.5, 0.6) is 0 Å². The Hall–Kier alpha value is -1.95. The summed E-state index contributed by atoms with van der Waals surface area (Å²) in [6, 6.07) is 10.1. The Morgan fingerprint density at radius 1 is 1.10 bits per heavy atom. The fraction of sp³-hybridized carbons (Fsp3) is 0.133. The molecule has 2 aromatic carbocycles. The third-order valence-electron chi connectivity index (χ3n) is 2.93. The van der Waals surface area contributed by atoms with Gasteiger partial charge in [0, 0.05) is 16.1 Å². The molecule has 0 bridgehead atoms. The zero-order valence-electron chi connectivity index (χ0n) is 11.0. The van der Waals surface area contributed by atoms with Gasteiger partial charge in [0.2, 0.25) is 0 Å². The van der Waals surface area contributed by atoms with Crippen LogP contribution in [0.25, 0.3) is 0 Å². The number of alkyl halides is 3. The van der Waals surface area contributed by atoms with Gasteiger partial charge in [-0.3, -0.25) is 4.79 Å². The standard InChI is InChI=1S/C15H12F3NOS/c1-9-2-5-11(8-13(9)15(16,17)18)19-14(20)10-3-6-12(21)7-4-10/h2-8,21H,1H3,(H,19,20). The number of hydrogen-bond acceptors (Lipinski definition) is 2. The van der Waals surface area contributed by atoms with Gasteiger partial charge in [-0.05, 0) is 48.9 Å². The van der Waals surface area contributed by atoms with Gasteiger partial charge in [-0.25, -0.2) is 0 Å². The van der Waals surface area contributed by atoms with E-state index in [-0.39, 0.29) is 11.3 Å². The molecule has 0 saturated carbocycles. The minimum absolute atomic E-state index is 0.105. The van der Waals surface area contributed by atoms with Crippen molar-refractivity contribution in [1.29, 1.82) is 0 Å². The summed E-state index contributed by atoms with van der Waals surface area (Å²) >= 11 is 4.10. The Morgan fingerprint density at radius 2 is 1.71 bits per heavy atom. The van der Waals surface area contributed by atoms with Crippen LogP contribution in [0, 0.1) is 6.92 Å². The average Bonchev–Trinajstić information content (AvgIpc) is 2.40. The Labute approximate surface area is 125 Å². The molecule has 0 aliphatic rings. The summed E-state index contributed by atoms with van der Waals surface area (Å²) in [6.45, 7) is 1.37. The zero-order valence-corrected chi connectivity index (χ0v) is 11.9. The second-order valence-electron chi connectivity index (χ2n) is 4.53. The highest BCUT2D eigenvalue weighted by molar-refractivity contribution is 7.80. The van der Waals surface area contributed by atoms with Crippen LogP contribution in [0.15, 0.2) is 47.4 Å². The van der Waals surface area contributed by atoms with Gasteiger partial charge >= 0.3 is 6.18 Å². The summed E-state index contributed by atoms with van der Waals surface area (Å²) in [6.07, 6.45) is -4.45. The normalized spacial score (nSPS) is 11.3. The summed E-state index contributed by atoms with van der Waals surface area (Å²) < 4.78 is 38.4. The average molecular weight is 311 g/mol. The number of hydrogen-bond donors (Lipinski definition) is 2. The molecule has 0 aliphatic heterocycles. The van der Waals surface area contributed by atoms with E-state index in [1.54, 1.807) is 24.3 Å². The molecular formula is C15H12F3NOS. The number of carbonyl (C=O) groups excluding carboxylic acids is 1. The largest absolute Gasteiger partial charge is 0.416 e. The number of benzene rings is 2. The first-order chi connectivity index (χ1) is 9.77. The molecule has 0 unspecified atom stereocenters. The molecule has 2 rings (SSSR count). The van der Waals surface area contributed by atoms with E-state index in [1.165, 1.54) is 19.1 Å². The van der Waals surface area contributed by atoms with E-state index in [0.717, 1.165) is 6.07 Å². The van der Waals surface area contributed by atoms with Crippen molar-refractivity contribution in [2.24, 2.45) is 0 Å². The number of halogens is 3. The Morgan fingerprint density at radius 3 is 2.29 bits per heavy atom. The van der Waals surface area contributed by atoms with Crippen molar-refractivity contribution < 1.29 is 18.0 Å². The van der Waals surface area contributed by atoms with Gasteiger partial charge in [-0.2, -0.15) is 13.2 Å². The van der Waals surface area contributed by atoms with E-state index in [9.17, 15) is 18.0 Å². The van der Waals surface area contributed by atoms with Crippen LogP contribution in [0.3, 0.4) is 0 Å². The van der Waals surface area contributed by atoms with Crippen LogP contribution in [-0.2, 0) is 6.18 Å². The van der Waals surface area contributed by atoms with Crippen molar-refractivity contribution in [3.63, 3.8) is 0 Å². The molecule has 0 radical (unpaired) electrons. The topological polar surface area (TPSA) is 29.1 Å². The molecule has 0 aliphatic carbocycles. The molecule has 21 heavy (non-hydrogen) atoms. The summed E-state index contributed by atoms with van der Waals surface area (Å²) in [5.74, 6) is -0.472. The van der Waals surface area contributed by atoms with Crippen molar-refractivity contribution in [1.82, 2.24) is 0 Å². The number of carbonyl (C=O) groups is 1. The molecule has 110 valence electrons. The maximum atomic E-state index is 12.8. The molecule has 0 heterocycles. The van der Waals surface area contributed by atoms with E-state index >= 15 is 0 Å². The van der Waals surface area contributed by atoms with Crippen LogP contribution in [-0.4, -0.2) is 5.91 Å². The minimum atomic E-state index is -4.45. The van der Waals surface area contributed by atoms with Crippen LogP contribution >= 0.6 is 12.6 Å². The summed E-state index contributed by atoms with van der Waals surface area (Å²) in [5, 5.41) is 2.45. The lowest BCUT2D eigenvalue weighted by Gasteiger charge is -2.12. The number of aryl methyl sites for hydroxylation is 1. The highest BCUT2D eigenvalue weighted by Crippen LogP contribution is 2.33. The summed E-state index contributed by atoms with van der Waals surface area (Å²) in [5.41, 5.74) is -0.194. The molecule has 0 fully saturated rings. The number of anilines is 1. The third-order valence-corrected chi connectivity index (χ3v) is 3.23. The molecule has 0 spiro atoms. The number of amides is 1. The molecular weight excluding hydrogens is 299 g/mol. The summed E-state index contributed by atoms with van der Waals surface area (Å²) in [7, 11) is 0. The summed E-state index contributed by atoms with van der Waals surface area (Å²) in [4.78, 5) is 12.6. The van der Waals surface area contributed by atoms with E-state index in [0.29, 0.717) is 10.5 Å². The molecule has 1 amide bonds. The first kappa shape index (κ1) is 15.4. The zero-order chi connectivity index (χ0) is 15.6.